The van der Waals surface area contributed by atoms with E-state index in [1.165, 1.54) is 16.7 Å². The molecule has 0 saturated heterocycles. The molecule has 0 amide bonds. The molecule has 3 heterocycles. The first-order chi connectivity index (χ1) is 17.7. The summed E-state index contributed by atoms with van der Waals surface area (Å²) in [5, 5.41) is 18.3. The molecule has 1 aliphatic heterocycles. The molecule has 3 aromatic rings. The largest absolute Gasteiger partial charge is 0.481 e. The average molecular weight is 506 g/mol. The zero-order valence-corrected chi connectivity index (χ0v) is 22.6. The summed E-state index contributed by atoms with van der Waals surface area (Å²) in [7, 11) is 0. The van der Waals surface area contributed by atoms with Gasteiger partial charge in [-0.3, -0.25) is 19.4 Å². The Bertz CT molecular complexity index is 1220. The first-order valence-corrected chi connectivity index (χ1v) is 13.2. The number of aryl methyl sites for hydroxylation is 2. The molecule has 0 aliphatic carbocycles. The molecule has 1 aromatic carbocycles. The molecule has 2 aromatic heterocycles. The van der Waals surface area contributed by atoms with Crippen molar-refractivity contribution < 1.29 is 14.6 Å². The molecule has 8 nitrogen and oxygen atoms in total. The molecule has 198 valence electrons. The van der Waals surface area contributed by atoms with Crippen LogP contribution in [-0.2, 0) is 42.2 Å². The second kappa shape index (κ2) is 11.5. The maximum Gasteiger partial charge on any atom is 0.312 e. The number of pyridine rings is 1. The Hall–Kier alpha value is -3.10. The molecule has 4 rings (SSSR count). The first-order valence-electron chi connectivity index (χ1n) is 13.2. The van der Waals surface area contributed by atoms with Crippen molar-refractivity contribution in [3.8, 4) is 0 Å². The Kier molecular flexibility index (Phi) is 8.39. The lowest BCUT2D eigenvalue weighted by Gasteiger charge is -2.31. The fourth-order valence-electron chi connectivity index (χ4n) is 5.04. The van der Waals surface area contributed by atoms with Gasteiger partial charge in [-0.1, -0.05) is 42.8 Å². The van der Waals surface area contributed by atoms with E-state index in [1.807, 2.05) is 31.5 Å². The monoisotopic (exact) mass is 505 g/mol. The number of rotatable bonds is 10. The number of carboxylic acid groups (broad SMARTS) is 1. The summed E-state index contributed by atoms with van der Waals surface area (Å²) in [5.74, 6) is -0.328. The van der Waals surface area contributed by atoms with Gasteiger partial charge in [-0.2, -0.15) is 0 Å². The van der Waals surface area contributed by atoms with Gasteiger partial charge in [-0.15, -0.1) is 5.10 Å². The van der Waals surface area contributed by atoms with E-state index >= 15 is 0 Å². The number of benzene rings is 1. The van der Waals surface area contributed by atoms with E-state index in [-0.39, 0.29) is 6.61 Å². The lowest BCUT2D eigenvalue weighted by Crippen LogP contribution is -2.33. The van der Waals surface area contributed by atoms with Crippen LogP contribution >= 0.6 is 0 Å². The minimum Gasteiger partial charge on any atom is -0.481 e. The highest BCUT2D eigenvalue weighted by atomic mass is 16.5. The third kappa shape index (κ3) is 6.25. The lowest BCUT2D eigenvalue weighted by molar-refractivity contribution is -0.158. The predicted molar refractivity (Wildman–Crippen MR) is 142 cm³/mol. The van der Waals surface area contributed by atoms with E-state index in [0.717, 1.165) is 43.7 Å². The Morgan fingerprint density at radius 2 is 2.08 bits per heavy atom. The number of fused-ring (bicyclic) bond motifs is 1. The van der Waals surface area contributed by atoms with E-state index in [4.69, 9.17) is 4.74 Å². The Morgan fingerprint density at radius 1 is 1.27 bits per heavy atom. The molecule has 1 aliphatic rings. The summed E-state index contributed by atoms with van der Waals surface area (Å²) < 4.78 is 8.00. The van der Waals surface area contributed by atoms with Crippen LogP contribution in [0, 0.1) is 18.3 Å². The normalized spacial score (nSPS) is 17.3. The zero-order valence-electron chi connectivity index (χ0n) is 22.6. The lowest BCUT2D eigenvalue weighted by atomic mass is 9.81. The molecule has 0 radical (unpaired) electrons. The van der Waals surface area contributed by atoms with Crippen LogP contribution in [0.5, 0.6) is 0 Å². The Balaban J connectivity index is 1.60. The van der Waals surface area contributed by atoms with Crippen molar-refractivity contribution in [2.45, 2.75) is 79.8 Å². The number of aliphatic carboxylic acids is 1. The molecule has 8 heteroatoms. The van der Waals surface area contributed by atoms with Crippen LogP contribution < -0.4 is 0 Å². The van der Waals surface area contributed by atoms with Crippen LogP contribution in [0.25, 0.3) is 0 Å². The van der Waals surface area contributed by atoms with Crippen molar-refractivity contribution in [3.05, 3.63) is 76.4 Å². The van der Waals surface area contributed by atoms with Crippen LogP contribution in [0.4, 0.5) is 0 Å². The third-order valence-corrected chi connectivity index (χ3v) is 7.54. The highest BCUT2D eigenvalue weighted by molar-refractivity contribution is 5.74. The van der Waals surface area contributed by atoms with Gasteiger partial charge in [0.2, 0.25) is 0 Å². The fraction of sp³-hybridized carbons (Fsp3) is 0.517. The van der Waals surface area contributed by atoms with Crippen molar-refractivity contribution in [1.82, 2.24) is 24.9 Å². The zero-order chi connectivity index (χ0) is 26.6. The quantitative estimate of drug-likeness (QED) is 0.416. The van der Waals surface area contributed by atoms with Gasteiger partial charge in [0.05, 0.1) is 30.0 Å². The topological polar surface area (TPSA) is 93.4 Å². The van der Waals surface area contributed by atoms with Gasteiger partial charge in [-0.25, -0.2) is 0 Å². The third-order valence-electron chi connectivity index (χ3n) is 7.54. The van der Waals surface area contributed by atoms with Gasteiger partial charge in [0.1, 0.15) is 5.69 Å². The molecule has 0 fully saturated rings. The van der Waals surface area contributed by atoms with Crippen LogP contribution in [-0.4, -0.2) is 42.5 Å². The number of carboxylic acids is 1. The Labute approximate surface area is 219 Å². The summed E-state index contributed by atoms with van der Waals surface area (Å²) in [4.78, 5) is 19.4. The molecule has 0 bridgehead atoms. The van der Waals surface area contributed by atoms with Gasteiger partial charge in [0.15, 0.2) is 0 Å². The van der Waals surface area contributed by atoms with E-state index in [0.29, 0.717) is 18.2 Å². The highest BCUT2D eigenvalue weighted by Gasteiger charge is 2.39. The first kappa shape index (κ1) is 26.9. The summed E-state index contributed by atoms with van der Waals surface area (Å²) >= 11 is 0. The Morgan fingerprint density at radius 3 is 2.78 bits per heavy atom. The van der Waals surface area contributed by atoms with Crippen LogP contribution in [0.2, 0.25) is 0 Å². The van der Waals surface area contributed by atoms with Crippen molar-refractivity contribution in [3.63, 3.8) is 0 Å². The number of aromatic nitrogens is 4. The number of hydrogen-bond donors (Lipinski definition) is 1. The van der Waals surface area contributed by atoms with Gasteiger partial charge in [-0.05, 0) is 68.4 Å². The van der Waals surface area contributed by atoms with Crippen molar-refractivity contribution >= 4 is 5.97 Å². The molecule has 1 N–H and O–H groups in total. The van der Waals surface area contributed by atoms with Gasteiger partial charge in [0.25, 0.3) is 0 Å². The van der Waals surface area contributed by atoms with E-state index in [2.05, 4.69) is 52.2 Å². The molecule has 2 atom stereocenters. The fourth-order valence-corrected chi connectivity index (χ4v) is 5.04. The summed E-state index contributed by atoms with van der Waals surface area (Å²) in [6.07, 6.45) is 5.24. The van der Waals surface area contributed by atoms with Crippen LogP contribution in [0.15, 0.2) is 42.7 Å². The van der Waals surface area contributed by atoms with Crippen molar-refractivity contribution in [2.75, 3.05) is 6.54 Å². The molecular formula is C29H39N5O3. The molecule has 0 unspecified atom stereocenters. The number of nitrogens with zero attached hydrogens (tertiary/aromatic N) is 5. The van der Waals surface area contributed by atoms with E-state index in [1.54, 1.807) is 18.5 Å². The predicted octanol–water partition coefficient (Wildman–Crippen LogP) is 4.95. The van der Waals surface area contributed by atoms with Gasteiger partial charge >= 0.3 is 5.97 Å². The maximum absolute atomic E-state index is 12.3. The van der Waals surface area contributed by atoms with Crippen LogP contribution in [0.3, 0.4) is 0 Å². The van der Waals surface area contributed by atoms with Crippen LogP contribution in [0.1, 0.15) is 73.9 Å². The van der Waals surface area contributed by atoms with E-state index in [9.17, 15) is 9.90 Å². The maximum atomic E-state index is 12.3. The molecular weight excluding hydrogens is 466 g/mol. The standard InChI is InChI=1S/C29H39N5O3/c1-6-21-13-22-9-8-12-30-26(22)18-33(15-21)16-24-14-23(11-10-20(24)3)27(29(4,5)28(35)36)37-19-25-17-34(7-2)32-31-25/h8-12,14,17,21,27H,6-7,13,15-16,18-19H2,1-5H3,(H,35,36)/t21-,27-/m0/s1. The van der Waals surface area contributed by atoms with Crippen molar-refractivity contribution in [1.29, 1.82) is 0 Å². The second-order valence-corrected chi connectivity index (χ2v) is 10.7. The summed E-state index contributed by atoms with van der Waals surface area (Å²) in [5.41, 5.74) is 5.27. The smallest absolute Gasteiger partial charge is 0.312 e. The highest BCUT2D eigenvalue weighted by Crippen LogP contribution is 2.38. The SMILES string of the molecule is CC[C@H]1Cc2cccnc2CN(Cc2cc([C@H](OCc3cn(CC)nn3)C(C)(C)C(=O)O)ccc2C)C1. The summed E-state index contributed by atoms with van der Waals surface area (Å²) in [6.45, 7) is 13.3. The minimum atomic E-state index is -1.13. The minimum absolute atomic E-state index is 0.192. The van der Waals surface area contributed by atoms with Gasteiger partial charge in [0, 0.05) is 32.4 Å². The average Bonchev–Trinajstić information content (AvgIpc) is 3.26. The number of carbonyl (C=O) groups is 1. The number of ether oxygens (including phenoxy) is 1. The number of hydrogen-bond acceptors (Lipinski definition) is 6. The molecule has 0 saturated carbocycles. The molecule has 37 heavy (non-hydrogen) atoms. The van der Waals surface area contributed by atoms with Crippen molar-refractivity contribution in [2.24, 2.45) is 11.3 Å². The van der Waals surface area contributed by atoms with Gasteiger partial charge < -0.3 is 9.84 Å². The molecule has 0 spiro atoms. The second-order valence-electron chi connectivity index (χ2n) is 10.7. The summed E-state index contributed by atoms with van der Waals surface area (Å²) in [6, 6.07) is 10.4. The van der Waals surface area contributed by atoms with E-state index < -0.39 is 17.5 Å².